The second-order valence-electron chi connectivity index (χ2n) is 6.71. The van der Waals surface area contributed by atoms with E-state index >= 15 is 0 Å². The third-order valence-corrected chi connectivity index (χ3v) is 5.59. The molecular formula is C21H26FN3O4S. The normalized spacial score (nSPS) is 11.0. The molecule has 0 radical (unpaired) electrons. The van der Waals surface area contributed by atoms with Crippen molar-refractivity contribution in [3.63, 3.8) is 0 Å². The van der Waals surface area contributed by atoms with Gasteiger partial charge in [-0.05, 0) is 61.4 Å². The Morgan fingerprint density at radius 1 is 0.967 bits per heavy atom. The summed E-state index contributed by atoms with van der Waals surface area (Å²) in [6.07, 6.45) is 1.51. The van der Waals surface area contributed by atoms with Crippen molar-refractivity contribution < 1.29 is 22.4 Å². The van der Waals surface area contributed by atoms with Gasteiger partial charge in [-0.3, -0.25) is 14.3 Å². The van der Waals surface area contributed by atoms with Crippen LogP contribution in [0.4, 0.5) is 10.1 Å². The standard InChI is InChI=1S/C21H26FN3O4S/c1-3-13-23-20(26)15-25(14-4-2)21(27)16-5-9-18(10-6-16)24-30(28,29)19-11-7-17(22)8-12-19/h5-12,24H,3-4,13-15H2,1-2H3,(H,23,26). The fraction of sp³-hybridized carbons (Fsp3) is 0.333. The maximum absolute atomic E-state index is 13.0. The van der Waals surface area contributed by atoms with Crippen LogP contribution in [0.1, 0.15) is 37.0 Å². The summed E-state index contributed by atoms with van der Waals surface area (Å²) < 4.78 is 40.2. The number of nitrogens with one attached hydrogen (secondary N) is 2. The van der Waals surface area contributed by atoms with E-state index < -0.39 is 15.8 Å². The molecule has 0 saturated heterocycles. The van der Waals surface area contributed by atoms with E-state index in [1.54, 1.807) is 0 Å². The average Bonchev–Trinajstić information content (AvgIpc) is 2.72. The number of nitrogens with zero attached hydrogens (tertiary/aromatic N) is 1. The van der Waals surface area contributed by atoms with Crippen molar-refractivity contribution in [2.45, 2.75) is 31.6 Å². The highest BCUT2D eigenvalue weighted by Crippen LogP contribution is 2.18. The lowest BCUT2D eigenvalue weighted by atomic mass is 10.1. The van der Waals surface area contributed by atoms with Crippen LogP contribution in [0, 0.1) is 5.82 Å². The molecule has 0 unspecified atom stereocenters. The number of carbonyl (C=O) groups is 2. The smallest absolute Gasteiger partial charge is 0.261 e. The maximum Gasteiger partial charge on any atom is 0.261 e. The lowest BCUT2D eigenvalue weighted by Crippen LogP contribution is -2.41. The van der Waals surface area contributed by atoms with Gasteiger partial charge in [0.1, 0.15) is 5.82 Å². The Morgan fingerprint density at radius 2 is 1.60 bits per heavy atom. The third kappa shape index (κ3) is 6.55. The first-order chi connectivity index (χ1) is 14.3. The number of amides is 2. The van der Waals surface area contributed by atoms with Crippen LogP contribution in [0.5, 0.6) is 0 Å². The van der Waals surface area contributed by atoms with Gasteiger partial charge in [-0.1, -0.05) is 13.8 Å². The predicted octanol–water partition coefficient (Wildman–Crippen LogP) is 3.00. The fourth-order valence-corrected chi connectivity index (χ4v) is 3.77. The lowest BCUT2D eigenvalue weighted by molar-refractivity contribution is -0.121. The molecule has 0 aliphatic rings. The highest BCUT2D eigenvalue weighted by molar-refractivity contribution is 7.92. The molecule has 2 N–H and O–H groups in total. The molecule has 0 saturated carbocycles. The van der Waals surface area contributed by atoms with Gasteiger partial charge in [0, 0.05) is 24.3 Å². The van der Waals surface area contributed by atoms with Gasteiger partial charge in [-0.25, -0.2) is 12.8 Å². The van der Waals surface area contributed by atoms with Crippen LogP contribution >= 0.6 is 0 Å². The molecule has 0 aliphatic carbocycles. The maximum atomic E-state index is 13.0. The van der Waals surface area contributed by atoms with Crippen molar-refractivity contribution in [3.8, 4) is 0 Å². The Hall–Kier alpha value is -2.94. The lowest BCUT2D eigenvalue weighted by Gasteiger charge is -2.22. The van der Waals surface area contributed by atoms with Gasteiger partial charge in [0.05, 0.1) is 11.4 Å². The topological polar surface area (TPSA) is 95.6 Å². The number of carbonyl (C=O) groups excluding carboxylic acids is 2. The Morgan fingerprint density at radius 3 is 2.17 bits per heavy atom. The summed E-state index contributed by atoms with van der Waals surface area (Å²) in [6.45, 7) is 4.80. The highest BCUT2D eigenvalue weighted by Gasteiger charge is 2.19. The first-order valence-electron chi connectivity index (χ1n) is 9.71. The van der Waals surface area contributed by atoms with E-state index in [-0.39, 0.29) is 28.9 Å². The molecule has 30 heavy (non-hydrogen) atoms. The quantitative estimate of drug-likeness (QED) is 0.600. The van der Waals surface area contributed by atoms with Crippen LogP contribution in [-0.4, -0.2) is 44.8 Å². The van der Waals surface area contributed by atoms with Crippen molar-refractivity contribution >= 4 is 27.5 Å². The third-order valence-electron chi connectivity index (χ3n) is 4.20. The molecule has 0 spiro atoms. The summed E-state index contributed by atoms with van der Waals surface area (Å²) in [5.74, 6) is -1.06. The summed E-state index contributed by atoms with van der Waals surface area (Å²) in [4.78, 5) is 26.1. The van der Waals surface area contributed by atoms with Crippen LogP contribution in [0.3, 0.4) is 0 Å². The second-order valence-corrected chi connectivity index (χ2v) is 8.40. The zero-order valence-electron chi connectivity index (χ0n) is 17.0. The molecule has 162 valence electrons. The van der Waals surface area contributed by atoms with E-state index in [1.165, 1.54) is 41.3 Å². The molecule has 0 aliphatic heterocycles. The van der Waals surface area contributed by atoms with Crippen LogP contribution in [0.15, 0.2) is 53.4 Å². The van der Waals surface area contributed by atoms with Crippen LogP contribution in [0.25, 0.3) is 0 Å². The van der Waals surface area contributed by atoms with Gasteiger partial charge >= 0.3 is 0 Å². The molecule has 2 aromatic carbocycles. The van der Waals surface area contributed by atoms with Crippen molar-refractivity contribution in [1.82, 2.24) is 10.2 Å². The van der Waals surface area contributed by atoms with Gasteiger partial charge in [-0.15, -0.1) is 0 Å². The molecule has 7 nitrogen and oxygen atoms in total. The van der Waals surface area contributed by atoms with Crippen molar-refractivity contribution in [3.05, 3.63) is 59.9 Å². The number of rotatable bonds is 10. The monoisotopic (exact) mass is 435 g/mol. The summed E-state index contributed by atoms with van der Waals surface area (Å²) in [6, 6.07) is 10.4. The molecule has 0 heterocycles. The summed E-state index contributed by atoms with van der Waals surface area (Å²) in [5, 5.41) is 2.75. The molecular weight excluding hydrogens is 409 g/mol. The molecule has 9 heteroatoms. The van der Waals surface area contributed by atoms with E-state index in [1.807, 2.05) is 13.8 Å². The molecule has 0 atom stereocenters. The fourth-order valence-electron chi connectivity index (χ4n) is 2.71. The van der Waals surface area contributed by atoms with Gasteiger partial charge in [0.15, 0.2) is 0 Å². The SMILES string of the molecule is CCCNC(=O)CN(CCC)C(=O)c1ccc(NS(=O)(=O)c2ccc(F)cc2)cc1. The first-order valence-corrected chi connectivity index (χ1v) is 11.2. The predicted molar refractivity (Wildman–Crippen MR) is 113 cm³/mol. The number of hydrogen-bond acceptors (Lipinski definition) is 4. The number of halogens is 1. The van der Waals surface area contributed by atoms with Crippen molar-refractivity contribution in [2.75, 3.05) is 24.4 Å². The van der Waals surface area contributed by atoms with Crippen molar-refractivity contribution in [1.29, 1.82) is 0 Å². The molecule has 2 amide bonds. The largest absolute Gasteiger partial charge is 0.355 e. The number of anilines is 1. The number of benzene rings is 2. The van der Waals surface area contributed by atoms with E-state index in [0.717, 1.165) is 18.6 Å². The van der Waals surface area contributed by atoms with Gasteiger partial charge in [0.2, 0.25) is 5.91 Å². The summed E-state index contributed by atoms with van der Waals surface area (Å²) in [5.41, 5.74) is 0.607. The zero-order valence-corrected chi connectivity index (χ0v) is 17.8. The first kappa shape index (κ1) is 23.3. The molecule has 2 rings (SSSR count). The van der Waals surface area contributed by atoms with Gasteiger partial charge < -0.3 is 10.2 Å². The van der Waals surface area contributed by atoms with Crippen molar-refractivity contribution in [2.24, 2.45) is 0 Å². The average molecular weight is 436 g/mol. The highest BCUT2D eigenvalue weighted by atomic mass is 32.2. The van der Waals surface area contributed by atoms with E-state index in [0.29, 0.717) is 25.1 Å². The van der Waals surface area contributed by atoms with E-state index in [2.05, 4.69) is 10.0 Å². The second kappa shape index (κ2) is 10.7. The molecule has 2 aromatic rings. The Kier molecular flexibility index (Phi) is 8.35. The molecule has 0 fully saturated rings. The van der Waals surface area contributed by atoms with Gasteiger partial charge in [0.25, 0.3) is 15.9 Å². The minimum Gasteiger partial charge on any atom is -0.355 e. The van der Waals surface area contributed by atoms with Crippen LogP contribution < -0.4 is 10.0 Å². The minimum absolute atomic E-state index is 0.0361. The van der Waals surface area contributed by atoms with E-state index in [4.69, 9.17) is 0 Å². The molecule has 0 bridgehead atoms. The minimum atomic E-state index is -3.88. The summed E-state index contributed by atoms with van der Waals surface area (Å²) in [7, 11) is -3.88. The van der Waals surface area contributed by atoms with Gasteiger partial charge in [-0.2, -0.15) is 0 Å². The molecule has 0 aromatic heterocycles. The van der Waals surface area contributed by atoms with Crippen LogP contribution in [0.2, 0.25) is 0 Å². The van der Waals surface area contributed by atoms with E-state index in [9.17, 15) is 22.4 Å². The zero-order chi connectivity index (χ0) is 22.1. The van der Waals surface area contributed by atoms with Crippen LogP contribution in [-0.2, 0) is 14.8 Å². The number of hydrogen-bond donors (Lipinski definition) is 2. The number of sulfonamides is 1. The summed E-state index contributed by atoms with van der Waals surface area (Å²) >= 11 is 0. The Labute approximate surface area is 176 Å². The Balaban J connectivity index is 2.09. The Bertz CT molecular complexity index is 961.